The molecule has 0 aliphatic heterocycles. The first-order valence-corrected chi connectivity index (χ1v) is 11.8. The fourth-order valence-electron chi connectivity index (χ4n) is 4.61. The van der Waals surface area contributed by atoms with Crippen molar-refractivity contribution in [1.29, 1.82) is 0 Å². The van der Waals surface area contributed by atoms with Crippen LogP contribution in [0.25, 0.3) is 0 Å². The number of benzene rings is 2. The third-order valence-electron chi connectivity index (χ3n) is 6.12. The molecule has 1 heteroatoms. The summed E-state index contributed by atoms with van der Waals surface area (Å²) < 4.78 is 0. The van der Waals surface area contributed by atoms with Crippen molar-refractivity contribution in [2.75, 3.05) is 0 Å². The molecule has 0 saturated carbocycles. The van der Waals surface area contributed by atoms with Crippen LogP contribution in [0, 0.1) is 39.5 Å². The molecular weight excluding hydrogens is 364 g/mol. The minimum Gasteiger partial charge on any atom is -0.300 e. The maximum Gasteiger partial charge on any atom is 0.133 e. The molecule has 0 unspecified atom stereocenters. The first-order valence-electron chi connectivity index (χ1n) is 11.8. The molecule has 0 spiro atoms. The standard InChI is InChI=1S/C29H42O/c1-19(2)13-28-21(5)15-25(16-22(28)6)9-11-27(30)12-10-26-17-23(7)29(14-20(3)4)24(8)18-26/h15-20H,9-14H2,1-8H3. The van der Waals surface area contributed by atoms with Crippen molar-refractivity contribution in [3.05, 3.63) is 68.8 Å². The van der Waals surface area contributed by atoms with Gasteiger partial charge in [-0.05, 0) is 110 Å². The van der Waals surface area contributed by atoms with Gasteiger partial charge in [0.25, 0.3) is 0 Å². The monoisotopic (exact) mass is 406 g/mol. The van der Waals surface area contributed by atoms with Crippen LogP contribution in [0.3, 0.4) is 0 Å². The Labute approximate surface area is 185 Å². The van der Waals surface area contributed by atoms with E-state index in [4.69, 9.17) is 0 Å². The smallest absolute Gasteiger partial charge is 0.133 e. The number of hydrogen-bond acceptors (Lipinski definition) is 1. The summed E-state index contributed by atoms with van der Waals surface area (Å²) in [5.74, 6) is 1.71. The normalized spacial score (nSPS) is 11.5. The molecule has 0 atom stereocenters. The fraction of sp³-hybridized carbons (Fsp3) is 0.552. The largest absolute Gasteiger partial charge is 0.300 e. The second-order valence-electron chi connectivity index (χ2n) is 10.2. The van der Waals surface area contributed by atoms with E-state index < -0.39 is 0 Å². The fourth-order valence-corrected chi connectivity index (χ4v) is 4.61. The molecule has 0 N–H and O–H groups in total. The average Bonchev–Trinajstić information content (AvgIpc) is 2.64. The molecule has 0 aromatic heterocycles. The lowest BCUT2D eigenvalue weighted by molar-refractivity contribution is -0.119. The quantitative estimate of drug-likeness (QED) is 0.400. The van der Waals surface area contributed by atoms with Gasteiger partial charge in [-0.25, -0.2) is 0 Å². The Bertz CT molecular complexity index is 752. The van der Waals surface area contributed by atoms with Gasteiger partial charge in [-0.1, -0.05) is 52.0 Å². The summed E-state index contributed by atoms with van der Waals surface area (Å²) >= 11 is 0. The van der Waals surface area contributed by atoms with Crippen molar-refractivity contribution in [2.24, 2.45) is 11.8 Å². The number of aryl methyl sites for hydroxylation is 6. The maximum absolute atomic E-state index is 12.6. The van der Waals surface area contributed by atoms with E-state index in [1.54, 1.807) is 0 Å². The predicted molar refractivity (Wildman–Crippen MR) is 131 cm³/mol. The summed E-state index contributed by atoms with van der Waals surface area (Å²) in [5, 5.41) is 0. The average molecular weight is 407 g/mol. The number of rotatable bonds is 10. The molecule has 0 aliphatic rings. The van der Waals surface area contributed by atoms with E-state index in [0.29, 0.717) is 30.5 Å². The van der Waals surface area contributed by atoms with Crippen molar-refractivity contribution in [3.8, 4) is 0 Å². The van der Waals surface area contributed by atoms with Crippen molar-refractivity contribution in [1.82, 2.24) is 0 Å². The topological polar surface area (TPSA) is 17.1 Å². The van der Waals surface area contributed by atoms with Crippen LogP contribution in [0.15, 0.2) is 24.3 Å². The van der Waals surface area contributed by atoms with Gasteiger partial charge in [0.2, 0.25) is 0 Å². The molecule has 1 nitrogen and oxygen atoms in total. The van der Waals surface area contributed by atoms with Gasteiger partial charge in [0.15, 0.2) is 0 Å². The molecule has 2 aromatic rings. The molecule has 0 aliphatic carbocycles. The lowest BCUT2D eigenvalue weighted by Crippen LogP contribution is -2.06. The molecule has 0 bridgehead atoms. The van der Waals surface area contributed by atoms with Gasteiger partial charge in [0.05, 0.1) is 0 Å². The van der Waals surface area contributed by atoms with Crippen LogP contribution in [0.5, 0.6) is 0 Å². The molecule has 0 fully saturated rings. The second kappa shape index (κ2) is 10.9. The zero-order valence-corrected chi connectivity index (χ0v) is 20.6. The van der Waals surface area contributed by atoms with Crippen LogP contribution in [-0.2, 0) is 30.5 Å². The molecule has 0 amide bonds. The Hall–Kier alpha value is -1.89. The van der Waals surface area contributed by atoms with Crippen molar-refractivity contribution < 1.29 is 4.79 Å². The number of carbonyl (C=O) groups is 1. The summed E-state index contributed by atoms with van der Waals surface area (Å²) in [6.07, 6.45) is 5.26. The Morgan fingerprint density at radius 3 is 1.20 bits per heavy atom. The van der Waals surface area contributed by atoms with Crippen LogP contribution in [0.2, 0.25) is 0 Å². The van der Waals surface area contributed by atoms with Crippen LogP contribution in [0.4, 0.5) is 0 Å². The summed E-state index contributed by atoms with van der Waals surface area (Å²) in [7, 11) is 0. The van der Waals surface area contributed by atoms with E-state index >= 15 is 0 Å². The number of hydrogen-bond donors (Lipinski definition) is 0. The lowest BCUT2D eigenvalue weighted by Gasteiger charge is -2.15. The summed E-state index contributed by atoms with van der Waals surface area (Å²) in [6, 6.07) is 9.16. The van der Waals surface area contributed by atoms with Gasteiger partial charge in [-0.2, -0.15) is 0 Å². The lowest BCUT2D eigenvalue weighted by atomic mass is 9.90. The first kappa shape index (κ1) is 24.4. The molecule has 30 heavy (non-hydrogen) atoms. The van der Waals surface area contributed by atoms with Crippen LogP contribution in [-0.4, -0.2) is 5.78 Å². The molecule has 164 valence electrons. The van der Waals surface area contributed by atoms with Gasteiger partial charge >= 0.3 is 0 Å². The van der Waals surface area contributed by atoms with Gasteiger partial charge in [0.1, 0.15) is 5.78 Å². The SMILES string of the molecule is Cc1cc(CCC(=O)CCc2cc(C)c(CC(C)C)c(C)c2)cc(C)c1CC(C)C. The van der Waals surface area contributed by atoms with E-state index in [0.717, 1.165) is 25.7 Å². The van der Waals surface area contributed by atoms with Gasteiger partial charge in [-0.3, -0.25) is 4.79 Å². The van der Waals surface area contributed by atoms with E-state index in [-0.39, 0.29) is 0 Å². The highest BCUT2D eigenvalue weighted by molar-refractivity contribution is 5.79. The van der Waals surface area contributed by atoms with Crippen molar-refractivity contribution >= 4 is 5.78 Å². The molecule has 2 rings (SSSR count). The highest BCUT2D eigenvalue weighted by atomic mass is 16.1. The minimum atomic E-state index is 0.373. The van der Waals surface area contributed by atoms with E-state index in [9.17, 15) is 4.79 Å². The molecule has 0 radical (unpaired) electrons. The Kier molecular flexibility index (Phi) is 8.89. The molecule has 0 heterocycles. The first-order chi connectivity index (χ1) is 14.1. The number of carbonyl (C=O) groups excluding carboxylic acids is 1. The third-order valence-corrected chi connectivity index (χ3v) is 6.12. The van der Waals surface area contributed by atoms with Gasteiger partial charge < -0.3 is 0 Å². The molecular formula is C29H42O. The van der Waals surface area contributed by atoms with Crippen LogP contribution >= 0.6 is 0 Å². The highest BCUT2D eigenvalue weighted by Crippen LogP contribution is 2.23. The van der Waals surface area contributed by atoms with E-state index in [1.165, 1.54) is 44.5 Å². The Morgan fingerprint density at radius 2 is 0.933 bits per heavy atom. The zero-order chi connectivity index (χ0) is 22.4. The molecule has 0 saturated heterocycles. The summed E-state index contributed by atoms with van der Waals surface area (Å²) in [6.45, 7) is 17.9. The zero-order valence-electron chi connectivity index (χ0n) is 20.6. The highest BCUT2D eigenvalue weighted by Gasteiger charge is 2.11. The Balaban J connectivity index is 1.93. The van der Waals surface area contributed by atoms with E-state index in [2.05, 4.69) is 79.7 Å². The Morgan fingerprint density at radius 1 is 0.633 bits per heavy atom. The maximum atomic E-state index is 12.6. The number of Topliss-reactive ketones (excluding diaryl/α,β-unsaturated/α-hetero) is 1. The van der Waals surface area contributed by atoms with Crippen LogP contribution < -0.4 is 0 Å². The number of ketones is 1. The third kappa shape index (κ3) is 7.11. The van der Waals surface area contributed by atoms with Crippen molar-refractivity contribution in [2.45, 2.75) is 93.9 Å². The van der Waals surface area contributed by atoms with Gasteiger partial charge in [-0.15, -0.1) is 0 Å². The summed E-state index contributed by atoms with van der Waals surface area (Å²) in [4.78, 5) is 12.6. The second-order valence-corrected chi connectivity index (χ2v) is 10.2. The molecule has 2 aromatic carbocycles. The predicted octanol–water partition coefficient (Wildman–Crippen LogP) is 7.45. The van der Waals surface area contributed by atoms with E-state index in [1.807, 2.05) is 0 Å². The van der Waals surface area contributed by atoms with Crippen LogP contribution in [0.1, 0.15) is 85.0 Å². The minimum absolute atomic E-state index is 0.373. The van der Waals surface area contributed by atoms with Crippen molar-refractivity contribution in [3.63, 3.8) is 0 Å². The van der Waals surface area contributed by atoms with Gasteiger partial charge in [0, 0.05) is 12.8 Å². The summed E-state index contributed by atoms with van der Waals surface area (Å²) in [5.41, 5.74) is 11.1.